The first-order valence-electron chi connectivity index (χ1n) is 13.7. The van der Waals surface area contributed by atoms with Crippen LogP contribution in [0.1, 0.15) is 26.3 Å². The molecule has 2 aliphatic heterocycles. The van der Waals surface area contributed by atoms with Crippen molar-refractivity contribution in [1.82, 2.24) is 10.2 Å². The summed E-state index contributed by atoms with van der Waals surface area (Å²) >= 11 is 5.38. The number of nitro groups is 1. The highest BCUT2D eigenvalue weighted by atomic mass is 32.1. The summed E-state index contributed by atoms with van der Waals surface area (Å²) in [6.07, 6.45) is 0. The second-order valence-corrected chi connectivity index (χ2v) is 10.5. The SMILES string of the molecule is Cc1ccccc1C(=O)N1CCN(c2ccc(NC(=S)NC(=O)c3cc([N+](=O)[O-])ccc3N3CCOCC3)cc2)CC1. The van der Waals surface area contributed by atoms with Crippen molar-refractivity contribution in [2.45, 2.75) is 6.92 Å². The topological polar surface area (TPSA) is 120 Å². The van der Waals surface area contributed by atoms with E-state index in [1.165, 1.54) is 12.1 Å². The molecule has 0 aliphatic carbocycles. The van der Waals surface area contributed by atoms with Gasteiger partial charge in [-0.05, 0) is 61.1 Å². The van der Waals surface area contributed by atoms with Crippen LogP contribution in [0.15, 0.2) is 66.7 Å². The molecule has 3 aromatic carbocycles. The second kappa shape index (κ2) is 13.0. The standard InChI is InChI=1S/C30H32N6O5S/c1-21-4-2-3-5-25(21)29(38)35-14-12-33(13-15-35)23-8-6-22(7-9-23)31-30(42)32-28(37)26-20-24(36(39)40)10-11-27(26)34-16-18-41-19-17-34/h2-11,20H,12-19H2,1H3,(H2,31,32,37,42). The minimum Gasteiger partial charge on any atom is -0.378 e. The van der Waals surface area contributed by atoms with Crippen molar-refractivity contribution in [2.75, 3.05) is 67.6 Å². The van der Waals surface area contributed by atoms with Gasteiger partial charge in [-0.25, -0.2) is 0 Å². The van der Waals surface area contributed by atoms with Gasteiger partial charge in [-0.3, -0.25) is 25.0 Å². The van der Waals surface area contributed by atoms with Crippen molar-refractivity contribution in [3.05, 3.63) is 93.5 Å². The lowest BCUT2D eigenvalue weighted by Crippen LogP contribution is -2.48. The molecule has 0 unspecified atom stereocenters. The van der Waals surface area contributed by atoms with Crippen molar-refractivity contribution < 1.29 is 19.2 Å². The first-order chi connectivity index (χ1) is 20.3. The number of non-ortho nitro benzene ring substituents is 1. The van der Waals surface area contributed by atoms with Crippen molar-refractivity contribution in [3.8, 4) is 0 Å². The van der Waals surface area contributed by atoms with Crippen LogP contribution < -0.4 is 20.4 Å². The fourth-order valence-electron chi connectivity index (χ4n) is 5.14. The molecule has 2 saturated heterocycles. The van der Waals surface area contributed by atoms with E-state index in [0.29, 0.717) is 63.9 Å². The van der Waals surface area contributed by atoms with Gasteiger partial charge in [-0.15, -0.1) is 0 Å². The smallest absolute Gasteiger partial charge is 0.270 e. The van der Waals surface area contributed by atoms with Crippen molar-refractivity contribution >= 4 is 51.9 Å². The zero-order chi connectivity index (χ0) is 29.6. The first kappa shape index (κ1) is 29.0. The van der Waals surface area contributed by atoms with Gasteiger partial charge in [0.25, 0.3) is 17.5 Å². The fourth-order valence-corrected chi connectivity index (χ4v) is 5.35. The quantitative estimate of drug-likeness (QED) is 0.252. The molecule has 2 heterocycles. The number of hydrogen-bond donors (Lipinski definition) is 2. The summed E-state index contributed by atoms with van der Waals surface area (Å²) < 4.78 is 5.40. The fraction of sp³-hybridized carbons (Fsp3) is 0.300. The molecular weight excluding hydrogens is 556 g/mol. The van der Waals surface area contributed by atoms with Crippen LogP contribution in [0.4, 0.5) is 22.7 Å². The number of thiocarbonyl (C=S) groups is 1. The van der Waals surface area contributed by atoms with Crippen LogP contribution in [0.3, 0.4) is 0 Å². The monoisotopic (exact) mass is 588 g/mol. The Morgan fingerprint density at radius 1 is 0.881 bits per heavy atom. The highest BCUT2D eigenvalue weighted by Gasteiger charge is 2.24. The highest BCUT2D eigenvalue weighted by Crippen LogP contribution is 2.27. The molecule has 2 amide bonds. The number of carbonyl (C=O) groups excluding carboxylic acids is 2. The van der Waals surface area contributed by atoms with Gasteiger partial charge in [-0.1, -0.05) is 18.2 Å². The average Bonchev–Trinajstić information content (AvgIpc) is 3.01. The van der Waals surface area contributed by atoms with E-state index in [1.807, 2.05) is 65.3 Å². The zero-order valence-corrected chi connectivity index (χ0v) is 24.1. The normalized spacial score (nSPS) is 15.2. The molecule has 0 atom stereocenters. The van der Waals surface area contributed by atoms with Gasteiger partial charge in [0.15, 0.2) is 5.11 Å². The number of nitrogens with one attached hydrogen (secondary N) is 2. The van der Waals surface area contributed by atoms with Gasteiger partial charge in [-0.2, -0.15) is 0 Å². The van der Waals surface area contributed by atoms with Crippen molar-refractivity contribution in [3.63, 3.8) is 0 Å². The predicted octanol–water partition coefficient (Wildman–Crippen LogP) is 3.83. The van der Waals surface area contributed by atoms with E-state index in [0.717, 1.165) is 16.8 Å². The summed E-state index contributed by atoms with van der Waals surface area (Å²) in [5.41, 5.74) is 4.01. The van der Waals surface area contributed by atoms with E-state index in [-0.39, 0.29) is 22.3 Å². The number of ether oxygens (including phenoxy) is 1. The molecule has 5 rings (SSSR count). The molecular formula is C30H32N6O5S. The Kier molecular flexibility index (Phi) is 8.94. The number of nitrogens with zero attached hydrogens (tertiary/aromatic N) is 4. The van der Waals surface area contributed by atoms with Crippen LogP contribution in [0.2, 0.25) is 0 Å². The van der Waals surface area contributed by atoms with Gasteiger partial charge >= 0.3 is 0 Å². The molecule has 0 radical (unpaired) electrons. The van der Waals surface area contributed by atoms with Crippen LogP contribution in [-0.2, 0) is 4.74 Å². The molecule has 218 valence electrons. The van der Waals surface area contributed by atoms with Crippen LogP contribution in [-0.4, -0.2) is 79.2 Å². The largest absolute Gasteiger partial charge is 0.378 e. The van der Waals surface area contributed by atoms with E-state index in [2.05, 4.69) is 15.5 Å². The van der Waals surface area contributed by atoms with Gasteiger partial charge in [0, 0.05) is 68.3 Å². The highest BCUT2D eigenvalue weighted by molar-refractivity contribution is 7.80. The van der Waals surface area contributed by atoms with E-state index < -0.39 is 10.8 Å². The maximum atomic E-state index is 13.2. The predicted molar refractivity (Wildman–Crippen MR) is 166 cm³/mol. The molecule has 0 saturated carbocycles. The molecule has 42 heavy (non-hydrogen) atoms. The number of aryl methyl sites for hydroxylation is 1. The number of anilines is 3. The number of carbonyl (C=O) groups is 2. The zero-order valence-electron chi connectivity index (χ0n) is 23.2. The number of rotatable bonds is 6. The molecule has 2 fully saturated rings. The maximum Gasteiger partial charge on any atom is 0.270 e. The number of piperazine rings is 1. The van der Waals surface area contributed by atoms with Crippen LogP contribution in [0, 0.1) is 17.0 Å². The van der Waals surface area contributed by atoms with Gasteiger partial charge in [0.2, 0.25) is 0 Å². The Labute approximate surface area is 249 Å². The van der Waals surface area contributed by atoms with E-state index in [1.54, 1.807) is 6.07 Å². The summed E-state index contributed by atoms with van der Waals surface area (Å²) in [5.74, 6) is -0.475. The molecule has 2 N–H and O–H groups in total. The Morgan fingerprint density at radius 3 is 2.24 bits per heavy atom. The Morgan fingerprint density at radius 2 is 1.57 bits per heavy atom. The average molecular weight is 589 g/mol. The summed E-state index contributed by atoms with van der Waals surface area (Å²) in [6, 6.07) is 19.5. The van der Waals surface area contributed by atoms with Crippen LogP contribution in [0.25, 0.3) is 0 Å². The number of amides is 2. The summed E-state index contributed by atoms with van der Waals surface area (Å²) in [4.78, 5) is 43.0. The minimum atomic E-state index is -0.535. The third-order valence-corrected chi connectivity index (χ3v) is 7.65. The number of hydrogen-bond acceptors (Lipinski definition) is 8. The van der Waals surface area contributed by atoms with Gasteiger partial charge in [0.05, 0.1) is 29.4 Å². The lowest BCUT2D eigenvalue weighted by atomic mass is 10.1. The molecule has 11 nitrogen and oxygen atoms in total. The molecule has 0 bridgehead atoms. The first-order valence-corrected chi connectivity index (χ1v) is 14.1. The lowest BCUT2D eigenvalue weighted by molar-refractivity contribution is -0.384. The lowest BCUT2D eigenvalue weighted by Gasteiger charge is -2.36. The summed E-state index contributed by atoms with van der Waals surface area (Å²) in [5, 5.41) is 17.1. The van der Waals surface area contributed by atoms with Crippen molar-refractivity contribution in [1.29, 1.82) is 0 Å². The summed E-state index contributed by atoms with van der Waals surface area (Å²) in [6.45, 7) is 6.81. The van der Waals surface area contributed by atoms with Gasteiger partial charge < -0.3 is 24.8 Å². The van der Waals surface area contributed by atoms with Crippen LogP contribution in [0.5, 0.6) is 0 Å². The Bertz CT molecular complexity index is 1480. The number of nitro benzene ring substituents is 1. The number of morpholine rings is 1. The van der Waals surface area contributed by atoms with E-state index in [9.17, 15) is 19.7 Å². The Balaban J connectivity index is 1.18. The van der Waals surface area contributed by atoms with Crippen LogP contribution >= 0.6 is 12.2 Å². The van der Waals surface area contributed by atoms with E-state index in [4.69, 9.17) is 17.0 Å². The Hall–Kier alpha value is -4.55. The third kappa shape index (κ3) is 6.67. The van der Waals surface area contributed by atoms with E-state index >= 15 is 0 Å². The minimum absolute atomic E-state index is 0.0602. The molecule has 0 aromatic heterocycles. The van der Waals surface area contributed by atoms with Crippen molar-refractivity contribution in [2.24, 2.45) is 0 Å². The second-order valence-electron chi connectivity index (χ2n) is 10.1. The molecule has 3 aromatic rings. The molecule has 12 heteroatoms. The third-order valence-electron chi connectivity index (χ3n) is 7.45. The molecule has 0 spiro atoms. The number of benzene rings is 3. The van der Waals surface area contributed by atoms with Gasteiger partial charge in [0.1, 0.15) is 0 Å². The maximum absolute atomic E-state index is 13.2. The summed E-state index contributed by atoms with van der Waals surface area (Å²) in [7, 11) is 0. The molecule has 2 aliphatic rings.